The van der Waals surface area contributed by atoms with E-state index < -0.39 is 0 Å². The summed E-state index contributed by atoms with van der Waals surface area (Å²) in [5.41, 5.74) is 8.24. The highest BCUT2D eigenvalue weighted by atomic mass is 14.7. The minimum Gasteiger partial charge on any atom is -0.258 e. The summed E-state index contributed by atoms with van der Waals surface area (Å²) in [7, 11) is 0. The van der Waals surface area contributed by atoms with Crippen LogP contribution < -0.4 is 0 Å². The van der Waals surface area contributed by atoms with Gasteiger partial charge >= 0.3 is 0 Å². The molecule has 2 rings (SSSR count). The number of aromatic nitrogens is 1. The summed E-state index contributed by atoms with van der Waals surface area (Å²) >= 11 is 0. The molecule has 0 atom stereocenters. The van der Waals surface area contributed by atoms with Crippen LogP contribution in [0.5, 0.6) is 0 Å². The Labute approximate surface area is 117 Å². The molecule has 1 aliphatic carbocycles. The first-order valence-electron chi connectivity index (χ1n) is 7.12. The van der Waals surface area contributed by atoms with Crippen molar-refractivity contribution in [3.8, 4) is 0 Å². The highest BCUT2D eigenvalue weighted by molar-refractivity contribution is 5.39. The molecule has 0 N–H and O–H groups in total. The number of aryl methyl sites for hydroxylation is 1. The second kappa shape index (κ2) is 4.96. The maximum Gasteiger partial charge on any atom is 0.0447 e. The van der Waals surface area contributed by atoms with E-state index in [1.54, 1.807) is 0 Å². The lowest BCUT2D eigenvalue weighted by molar-refractivity contribution is 0.430. The van der Waals surface area contributed by atoms with E-state index in [2.05, 4.69) is 59.8 Å². The highest BCUT2D eigenvalue weighted by Crippen LogP contribution is 2.36. The maximum absolute atomic E-state index is 4.84. The molecule has 0 saturated carbocycles. The van der Waals surface area contributed by atoms with Crippen molar-refractivity contribution < 1.29 is 0 Å². The fourth-order valence-corrected chi connectivity index (χ4v) is 2.79. The summed E-state index contributed by atoms with van der Waals surface area (Å²) in [5, 5.41) is 0. The molecule has 0 unspecified atom stereocenters. The van der Waals surface area contributed by atoms with Gasteiger partial charge in [-0.3, -0.25) is 4.98 Å². The second-order valence-corrected chi connectivity index (χ2v) is 6.40. The van der Waals surface area contributed by atoms with E-state index in [0.717, 1.165) is 12.8 Å². The minimum absolute atomic E-state index is 0.190. The van der Waals surface area contributed by atoms with Crippen LogP contribution >= 0.6 is 0 Å². The average molecular weight is 255 g/mol. The number of hydrogen-bond donors (Lipinski definition) is 0. The Morgan fingerprint density at radius 1 is 1.05 bits per heavy atom. The third-order valence-corrected chi connectivity index (χ3v) is 4.65. The molecule has 0 fully saturated rings. The number of nitrogens with zero attached hydrogens (tertiary/aromatic N) is 1. The highest BCUT2D eigenvalue weighted by Gasteiger charge is 2.26. The summed E-state index contributed by atoms with van der Waals surface area (Å²) in [4.78, 5) is 4.84. The third-order valence-electron chi connectivity index (χ3n) is 4.65. The molecular formula is C18H25N. The summed E-state index contributed by atoms with van der Waals surface area (Å²) in [6.45, 7) is 13.4. The first-order chi connectivity index (χ1) is 8.83. The predicted octanol–water partition coefficient (Wildman–Crippen LogP) is 4.77. The Hall–Kier alpha value is -1.37. The van der Waals surface area contributed by atoms with Crippen molar-refractivity contribution in [2.75, 3.05) is 0 Å². The fourth-order valence-electron chi connectivity index (χ4n) is 2.79. The number of allylic oxidation sites excluding steroid dienone is 4. The van der Waals surface area contributed by atoms with Crippen molar-refractivity contribution in [3.63, 3.8) is 0 Å². The number of hydrogen-bond acceptors (Lipinski definition) is 1. The second-order valence-electron chi connectivity index (χ2n) is 6.40. The van der Waals surface area contributed by atoms with Gasteiger partial charge in [-0.1, -0.05) is 37.6 Å². The summed E-state index contributed by atoms with van der Waals surface area (Å²) in [5.74, 6) is 0. The summed E-state index contributed by atoms with van der Waals surface area (Å²) in [6.07, 6.45) is 8.79. The normalized spacial score (nSPS) is 14.9. The zero-order valence-electron chi connectivity index (χ0n) is 13.1. The van der Waals surface area contributed by atoms with E-state index in [1.165, 1.54) is 33.7 Å². The first-order valence-corrected chi connectivity index (χ1v) is 7.12. The van der Waals surface area contributed by atoms with Crippen LogP contribution in [0.1, 0.15) is 48.3 Å². The van der Waals surface area contributed by atoms with Crippen molar-refractivity contribution in [1.29, 1.82) is 0 Å². The number of rotatable bonds is 3. The van der Waals surface area contributed by atoms with Crippen LogP contribution in [0.2, 0.25) is 0 Å². The molecule has 1 nitrogen and oxygen atoms in total. The van der Waals surface area contributed by atoms with Gasteiger partial charge < -0.3 is 0 Å². The van der Waals surface area contributed by atoms with E-state index >= 15 is 0 Å². The summed E-state index contributed by atoms with van der Waals surface area (Å²) in [6, 6.07) is 0. The topological polar surface area (TPSA) is 12.9 Å². The van der Waals surface area contributed by atoms with Crippen molar-refractivity contribution in [2.45, 2.75) is 54.4 Å². The van der Waals surface area contributed by atoms with E-state index in [4.69, 9.17) is 4.98 Å². The molecule has 0 aromatic carbocycles. The Balaban J connectivity index is 2.34. The lowest BCUT2D eigenvalue weighted by atomic mass is 9.78. The zero-order valence-corrected chi connectivity index (χ0v) is 13.1. The van der Waals surface area contributed by atoms with E-state index in [-0.39, 0.29) is 5.41 Å². The largest absolute Gasteiger partial charge is 0.258 e. The smallest absolute Gasteiger partial charge is 0.0447 e. The van der Waals surface area contributed by atoms with Crippen LogP contribution in [-0.4, -0.2) is 4.98 Å². The fraction of sp³-hybridized carbons (Fsp3) is 0.500. The van der Waals surface area contributed by atoms with Crippen molar-refractivity contribution in [3.05, 3.63) is 51.9 Å². The van der Waals surface area contributed by atoms with Gasteiger partial charge in [0.25, 0.3) is 0 Å². The van der Waals surface area contributed by atoms with E-state index in [9.17, 15) is 0 Å². The monoisotopic (exact) mass is 255 g/mol. The lowest BCUT2D eigenvalue weighted by Crippen LogP contribution is -2.20. The number of pyridine rings is 1. The van der Waals surface area contributed by atoms with Crippen molar-refractivity contribution in [1.82, 2.24) is 4.98 Å². The van der Waals surface area contributed by atoms with Crippen LogP contribution in [0.15, 0.2) is 23.8 Å². The molecule has 0 spiro atoms. The van der Waals surface area contributed by atoms with Crippen LogP contribution in [-0.2, 0) is 6.42 Å². The van der Waals surface area contributed by atoms with Gasteiger partial charge in [-0.15, -0.1) is 0 Å². The molecule has 0 aliphatic heterocycles. The first kappa shape index (κ1) is 14.0. The third kappa shape index (κ3) is 2.65. The van der Waals surface area contributed by atoms with Gasteiger partial charge in [0.2, 0.25) is 0 Å². The Kier molecular flexibility index (Phi) is 3.66. The van der Waals surface area contributed by atoms with Gasteiger partial charge in [0.15, 0.2) is 0 Å². The van der Waals surface area contributed by atoms with E-state index in [0.29, 0.717) is 0 Å². The van der Waals surface area contributed by atoms with Crippen LogP contribution in [0.3, 0.4) is 0 Å². The van der Waals surface area contributed by atoms with Crippen LogP contribution in [0.4, 0.5) is 0 Å². The Morgan fingerprint density at radius 2 is 1.74 bits per heavy atom. The molecule has 1 aromatic rings. The Morgan fingerprint density at radius 3 is 2.32 bits per heavy atom. The SMILES string of the molecule is Cc1nc(CC(C)(C)C2=CC=CC2)c(C)c(C)c1C. The molecule has 0 radical (unpaired) electrons. The van der Waals surface area contributed by atoms with Gasteiger partial charge in [-0.05, 0) is 62.6 Å². The molecule has 1 heteroatoms. The molecule has 1 aromatic heterocycles. The molecule has 102 valence electrons. The molecule has 19 heavy (non-hydrogen) atoms. The van der Waals surface area contributed by atoms with Gasteiger partial charge in [-0.2, -0.15) is 0 Å². The predicted molar refractivity (Wildman–Crippen MR) is 82.5 cm³/mol. The van der Waals surface area contributed by atoms with Crippen LogP contribution in [0.25, 0.3) is 0 Å². The summed E-state index contributed by atoms with van der Waals surface area (Å²) < 4.78 is 0. The van der Waals surface area contributed by atoms with E-state index in [1.807, 2.05) is 0 Å². The maximum atomic E-state index is 4.84. The quantitative estimate of drug-likeness (QED) is 0.758. The average Bonchev–Trinajstić information content (AvgIpc) is 2.87. The standard InChI is InChI=1S/C18H25N/c1-12-13(2)15(4)19-17(14(12)3)11-18(5,6)16-9-7-8-10-16/h7-9H,10-11H2,1-6H3. The van der Waals surface area contributed by atoms with Crippen LogP contribution in [0, 0.1) is 33.1 Å². The van der Waals surface area contributed by atoms with Gasteiger partial charge in [0, 0.05) is 11.4 Å². The Bertz CT molecular complexity index is 560. The molecule has 0 bridgehead atoms. The molecule has 0 amide bonds. The van der Waals surface area contributed by atoms with Crippen molar-refractivity contribution >= 4 is 0 Å². The zero-order chi connectivity index (χ0) is 14.2. The molecule has 1 heterocycles. The molecule has 1 aliphatic rings. The van der Waals surface area contributed by atoms with Gasteiger partial charge in [0.1, 0.15) is 0 Å². The van der Waals surface area contributed by atoms with Crippen molar-refractivity contribution in [2.24, 2.45) is 5.41 Å². The molecular weight excluding hydrogens is 230 g/mol. The van der Waals surface area contributed by atoms with Gasteiger partial charge in [0.05, 0.1) is 0 Å². The van der Waals surface area contributed by atoms with Gasteiger partial charge in [-0.25, -0.2) is 0 Å². The molecule has 0 saturated heterocycles. The lowest BCUT2D eigenvalue weighted by Gasteiger charge is -2.28. The minimum atomic E-state index is 0.190.